The molecule has 2 heterocycles. The third-order valence-electron chi connectivity index (χ3n) is 9.28. The van der Waals surface area contributed by atoms with Gasteiger partial charge in [-0.2, -0.15) is 0 Å². The van der Waals surface area contributed by atoms with E-state index in [4.69, 9.17) is 0 Å². The van der Waals surface area contributed by atoms with Crippen LogP contribution in [0.5, 0.6) is 0 Å². The van der Waals surface area contributed by atoms with Gasteiger partial charge in [-0.05, 0) is 78.5 Å². The molecule has 0 bridgehead atoms. The Morgan fingerprint density at radius 1 is 0.317 bits per heavy atom. The Bertz CT molecular complexity index is 2650. The van der Waals surface area contributed by atoms with E-state index in [-0.39, 0.29) is 0 Å². The van der Waals surface area contributed by atoms with Gasteiger partial charge in [0, 0.05) is 21.5 Å². The topological polar surface area (TPSA) is 4.41 Å². The largest absolute Gasteiger partial charge is 0.308 e. The zero-order chi connectivity index (χ0) is 26.7. The molecule has 0 aliphatic heterocycles. The molecule has 8 aromatic carbocycles. The molecule has 0 radical (unpaired) electrons. The van der Waals surface area contributed by atoms with Crippen LogP contribution in [-0.4, -0.2) is 4.40 Å². The quantitative estimate of drug-likeness (QED) is 0.191. The highest BCUT2D eigenvalue weighted by atomic mass is 14.9. The number of para-hydroxylation sites is 1. The van der Waals surface area contributed by atoms with E-state index >= 15 is 0 Å². The average Bonchev–Trinajstić information content (AvgIpc) is 3.57. The van der Waals surface area contributed by atoms with Crippen LogP contribution in [0, 0.1) is 0 Å². The molecule has 0 saturated carbocycles. The van der Waals surface area contributed by atoms with Gasteiger partial charge in [0.1, 0.15) is 0 Å². The monoisotopic (exact) mass is 517 g/mol. The fourth-order valence-electron chi connectivity index (χ4n) is 7.52. The van der Waals surface area contributed by atoms with Crippen LogP contribution in [0.15, 0.2) is 140 Å². The van der Waals surface area contributed by atoms with Crippen LogP contribution in [0.2, 0.25) is 0 Å². The van der Waals surface area contributed by atoms with E-state index < -0.39 is 0 Å². The predicted octanol–water partition coefficient (Wildman–Crippen LogP) is 11.1. The molecule has 41 heavy (non-hydrogen) atoms. The van der Waals surface area contributed by atoms with Gasteiger partial charge in [-0.1, -0.05) is 115 Å². The minimum atomic E-state index is 1.25. The number of hydrogen-bond donors (Lipinski definition) is 0. The van der Waals surface area contributed by atoms with Crippen molar-refractivity contribution in [2.45, 2.75) is 0 Å². The second-order valence-corrected chi connectivity index (χ2v) is 11.3. The summed E-state index contributed by atoms with van der Waals surface area (Å²) in [7, 11) is 0. The Kier molecular flexibility index (Phi) is 3.98. The minimum Gasteiger partial charge on any atom is -0.308 e. The fourth-order valence-corrected chi connectivity index (χ4v) is 7.52. The Labute approximate surface area is 235 Å². The third kappa shape index (κ3) is 2.70. The maximum atomic E-state index is 2.48. The van der Waals surface area contributed by atoms with Crippen LogP contribution in [0.4, 0.5) is 0 Å². The zero-order valence-corrected chi connectivity index (χ0v) is 22.2. The number of rotatable bonds is 1. The lowest BCUT2D eigenvalue weighted by Crippen LogP contribution is -1.85. The second-order valence-electron chi connectivity index (χ2n) is 11.3. The molecule has 0 fully saturated rings. The highest BCUT2D eigenvalue weighted by Crippen LogP contribution is 2.43. The first kappa shape index (κ1) is 21.4. The second kappa shape index (κ2) is 7.62. The molecule has 1 heteroatoms. The van der Waals surface area contributed by atoms with E-state index in [1.165, 1.54) is 92.3 Å². The van der Waals surface area contributed by atoms with Crippen LogP contribution in [0.25, 0.3) is 92.3 Å². The van der Waals surface area contributed by atoms with Crippen molar-refractivity contribution in [2.75, 3.05) is 0 Å². The molecule has 188 valence electrons. The van der Waals surface area contributed by atoms with Crippen molar-refractivity contribution in [1.82, 2.24) is 4.40 Å². The van der Waals surface area contributed by atoms with Crippen LogP contribution < -0.4 is 0 Å². The molecule has 0 spiro atoms. The molecular weight excluding hydrogens is 494 g/mol. The highest BCUT2D eigenvalue weighted by molar-refractivity contribution is 6.29. The summed E-state index contributed by atoms with van der Waals surface area (Å²) in [5.74, 6) is 0. The van der Waals surface area contributed by atoms with Crippen molar-refractivity contribution >= 4 is 81.2 Å². The van der Waals surface area contributed by atoms with Gasteiger partial charge in [-0.3, -0.25) is 0 Å². The summed E-state index contributed by atoms with van der Waals surface area (Å²) in [4.78, 5) is 0. The van der Waals surface area contributed by atoms with Crippen LogP contribution in [0.1, 0.15) is 0 Å². The van der Waals surface area contributed by atoms with Crippen molar-refractivity contribution in [2.24, 2.45) is 0 Å². The smallest absolute Gasteiger partial charge is 0.0620 e. The Morgan fingerprint density at radius 3 is 1.61 bits per heavy atom. The summed E-state index contributed by atoms with van der Waals surface area (Å²) in [5.41, 5.74) is 6.37. The lowest BCUT2D eigenvalue weighted by molar-refractivity contribution is 1.37. The molecule has 0 atom stereocenters. The standard InChI is InChI=1S/C40H23N/c1-2-9-27-24(8-1)17-21-38-39(27)34-15-7-14-33-36-23-26(18-20-37(36)41(38)40(33)34)25-16-19-32-30-12-4-3-10-28(30)29-11-5-6-13-31(29)35(32)22-25/h1-23H. The first-order valence-electron chi connectivity index (χ1n) is 14.3. The van der Waals surface area contributed by atoms with Crippen molar-refractivity contribution < 1.29 is 0 Å². The first-order chi connectivity index (χ1) is 20.3. The maximum Gasteiger partial charge on any atom is 0.0620 e. The van der Waals surface area contributed by atoms with Crippen LogP contribution >= 0.6 is 0 Å². The van der Waals surface area contributed by atoms with Gasteiger partial charge in [0.25, 0.3) is 0 Å². The van der Waals surface area contributed by atoms with Crippen molar-refractivity contribution in [1.29, 1.82) is 0 Å². The van der Waals surface area contributed by atoms with Gasteiger partial charge in [-0.25, -0.2) is 0 Å². The number of aromatic nitrogens is 1. The summed E-state index contributed by atoms with van der Waals surface area (Å²) in [5, 5.41) is 15.8. The summed E-state index contributed by atoms with van der Waals surface area (Å²) in [6.45, 7) is 0. The molecule has 0 saturated heterocycles. The summed E-state index contributed by atoms with van der Waals surface area (Å²) < 4.78 is 2.48. The molecule has 1 nitrogen and oxygen atoms in total. The number of hydrogen-bond acceptors (Lipinski definition) is 0. The molecule has 2 aromatic heterocycles. The normalized spacial score (nSPS) is 12.4. The van der Waals surface area contributed by atoms with Gasteiger partial charge in [-0.15, -0.1) is 0 Å². The molecule has 10 aromatic rings. The van der Waals surface area contributed by atoms with E-state index in [2.05, 4.69) is 144 Å². The summed E-state index contributed by atoms with van der Waals surface area (Å²) >= 11 is 0. The highest BCUT2D eigenvalue weighted by Gasteiger charge is 2.19. The van der Waals surface area contributed by atoms with E-state index in [1.807, 2.05) is 0 Å². The molecule has 0 aliphatic carbocycles. The van der Waals surface area contributed by atoms with E-state index in [0.717, 1.165) is 0 Å². The third-order valence-corrected chi connectivity index (χ3v) is 9.28. The Balaban J connectivity index is 1.27. The SMILES string of the molecule is c1ccc2c(c1)ccc1c2c2cccc3c4cc(-c5ccc6c7ccccc7c7ccccc7c6c5)ccc4n1c32. The lowest BCUT2D eigenvalue weighted by atomic mass is 9.92. The summed E-state index contributed by atoms with van der Waals surface area (Å²) in [6.07, 6.45) is 0. The van der Waals surface area contributed by atoms with E-state index in [0.29, 0.717) is 0 Å². The molecule has 0 N–H and O–H groups in total. The number of benzene rings is 8. The molecular formula is C40H23N. The molecule has 0 unspecified atom stereocenters. The van der Waals surface area contributed by atoms with Crippen LogP contribution in [0.3, 0.4) is 0 Å². The number of nitrogens with zero attached hydrogens (tertiary/aromatic N) is 1. The lowest BCUT2D eigenvalue weighted by Gasteiger charge is -2.12. The first-order valence-corrected chi connectivity index (χ1v) is 14.3. The summed E-state index contributed by atoms with van der Waals surface area (Å²) in [6, 6.07) is 51.7. The van der Waals surface area contributed by atoms with Crippen molar-refractivity contribution in [3.63, 3.8) is 0 Å². The maximum absolute atomic E-state index is 2.48. The van der Waals surface area contributed by atoms with Crippen molar-refractivity contribution in [3.8, 4) is 11.1 Å². The van der Waals surface area contributed by atoms with E-state index in [1.54, 1.807) is 0 Å². The van der Waals surface area contributed by atoms with Gasteiger partial charge < -0.3 is 4.40 Å². The predicted molar refractivity (Wildman–Crippen MR) is 177 cm³/mol. The van der Waals surface area contributed by atoms with E-state index in [9.17, 15) is 0 Å². The molecule has 10 rings (SSSR count). The Morgan fingerprint density at radius 2 is 0.854 bits per heavy atom. The fraction of sp³-hybridized carbons (Fsp3) is 0. The van der Waals surface area contributed by atoms with Gasteiger partial charge in [0.2, 0.25) is 0 Å². The van der Waals surface area contributed by atoms with Gasteiger partial charge >= 0.3 is 0 Å². The minimum absolute atomic E-state index is 1.25. The zero-order valence-electron chi connectivity index (χ0n) is 22.2. The molecule has 0 aliphatic rings. The van der Waals surface area contributed by atoms with Crippen molar-refractivity contribution in [3.05, 3.63) is 140 Å². The van der Waals surface area contributed by atoms with Gasteiger partial charge in [0.05, 0.1) is 16.6 Å². The Hall–Kier alpha value is -5.40. The van der Waals surface area contributed by atoms with Crippen LogP contribution in [-0.2, 0) is 0 Å². The molecule has 0 amide bonds. The van der Waals surface area contributed by atoms with Gasteiger partial charge in [0.15, 0.2) is 0 Å². The average molecular weight is 518 g/mol. The number of fused-ring (bicyclic) bond motifs is 14.